The van der Waals surface area contributed by atoms with Gasteiger partial charge in [-0.05, 0) is 25.1 Å². The van der Waals surface area contributed by atoms with E-state index in [9.17, 15) is 4.79 Å². The Balaban J connectivity index is 2.82. The quantitative estimate of drug-likeness (QED) is 0.725. The van der Waals surface area contributed by atoms with Gasteiger partial charge in [-0.3, -0.25) is 0 Å². The first-order chi connectivity index (χ1) is 6.18. The lowest BCUT2D eigenvalue weighted by molar-refractivity contribution is 0.0699. The van der Waals surface area contributed by atoms with Crippen LogP contribution in [0.1, 0.15) is 16.1 Å². The van der Waals surface area contributed by atoms with Crippen LogP contribution in [0.15, 0.2) is 28.7 Å². The minimum Gasteiger partial charge on any atom is -0.478 e. The second-order valence-corrected chi connectivity index (χ2v) is 2.88. The lowest BCUT2D eigenvalue weighted by Crippen LogP contribution is -1.95. The van der Waals surface area contributed by atoms with E-state index in [1.165, 1.54) is 0 Å². The minimum atomic E-state index is -0.925. The molecule has 0 radical (unpaired) electrons. The first-order valence-electron chi connectivity index (χ1n) is 3.91. The normalized spacial score (nSPS) is 10.5. The zero-order chi connectivity index (χ0) is 9.42. The van der Waals surface area contributed by atoms with E-state index in [-0.39, 0.29) is 5.56 Å². The van der Waals surface area contributed by atoms with Crippen LogP contribution in [0.25, 0.3) is 11.0 Å². The Morgan fingerprint density at radius 2 is 2.23 bits per heavy atom. The Bertz CT molecular complexity index is 468. The van der Waals surface area contributed by atoms with Gasteiger partial charge in [0.2, 0.25) is 0 Å². The van der Waals surface area contributed by atoms with Crippen molar-refractivity contribution in [1.82, 2.24) is 0 Å². The fraction of sp³-hybridized carbons (Fsp3) is 0.100. The molecule has 2 aromatic rings. The first-order valence-corrected chi connectivity index (χ1v) is 3.91. The van der Waals surface area contributed by atoms with Crippen molar-refractivity contribution in [3.05, 3.63) is 35.6 Å². The monoisotopic (exact) mass is 176 g/mol. The Kier molecular flexibility index (Phi) is 1.59. The van der Waals surface area contributed by atoms with Gasteiger partial charge in [0.25, 0.3) is 0 Å². The van der Waals surface area contributed by atoms with Gasteiger partial charge in [0, 0.05) is 5.39 Å². The van der Waals surface area contributed by atoms with Crippen LogP contribution in [-0.4, -0.2) is 11.1 Å². The number of furan rings is 1. The number of fused-ring (bicyclic) bond motifs is 1. The highest BCUT2D eigenvalue weighted by atomic mass is 16.4. The van der Waals surface area contributed by atoms with Crippen LogP contribution in [0.4, 0.5) is 0 Å². The van der Waals surface area contributed by atoms with E-state index in [0.29, 0.717) is 11.0 Å². The van der Waals surface area contributed by atoms with Gasteiger partial charge in [-0.15, -0.1) is 0 Å². The van der Waals surface area contributed by atoms with Crippen molar-refractivity contribution < 1.29 is 14.3 Å². The number of carbonyl (C=O) groups is 1. The molecular weight excluding hydrogens is 168 g/mol. The maximum absolute atomic E-state index is 10.8. The van der Waals surface area contributed by atoms with Gasteiger partial charge in [0.05, 0.1) is 5.56 Å². The van der Waals surface area contributed by atoms with E-state index in [0.717, 1.165) is 5.76 Å². The zero-order valence-electron chi connectivity index (χ0n) is 7.07. The molecule has 1 N–H and O–H groups in total. The van der Waals surface area contributed by atoms with E-state index in [4.69, 9.17) is 9.52 Å². The average Bonchev–Trinajstić information content (AvgIpc) is 2.43. The summed E-state index contributed by atoms with van der Waals surface area (Å²) in [6.07, 6.45) is 0. The minimum absolute atomic E-state index is 0.286. The summed E-state index contributed by atoms with van der Waals surface area (Å²) in [5, 5.41) is 9.51. The van der Waals surface area contributed by atoms with Crippen LogP contribution in [-0.2, 0) is 0 Å². The van der Waals surface area contributed by atoms with E-state index < -0.39 is 5.97 Å². The van der Waals surface area contributed by atoms with Crippen LogP contribution in [0, 0.1) is 6.92 Å². The predicted octanol–water partition coefficient (Wildman–Crippen LogP) is 2.44. The van der Waals surface area contributed by atoms with Crippen LogP contribution in [0.5, 0.6) is 0 Å². The highest BCUT2D eigenvalue weighted by Gasteiger charge is 2.10. The largest absolute Gasteiger partial charge is 0.478 e. The highest BCUT2D eigenvalue weighted by Crippen LogP contribution is 2.22. The van der Waals surface area contributed by atoms with E-state index in [2.05, 4.69) is 0 Å². The molecule has 0 atom stereocenters. The standard InChI is InChI=1S/C10H8O3/c1-6-5-8-7(10(11)12)3-2-4-9(8)13-6/h2-5H,1H3,(H,11,12). The summed E-state index contributed by atoms with van der Waals surface area (Å²) in [6.45, 7) is 1.80. The third-order valence-electron chi connectivity index (χ3n) is 1.92. The number of aromatic carboxylic acids is 1. The molecule has 0 saturated carbocycles. The van der Waals surface area contributed by atoms with E-state index in [1.807, 2.05) is 0 Å². The summed E-state index contributed by atoms with van der Waals surface area (Å²) < 4.78 is 5.30. The number of benzene rings is 1. The fourth-order valence-electron chi connectivity index (χ4n) is 1.37. The lowest BCUT2D eigenvalue weighted by atomic mass is 10.1. The Hall–Kier alpha value is -1.77. The second-order valence-electron chi connectivity index (χ2n) is 2.88. The number of hydrogen-bond acceptors (Lipinski definition) is 2. The van der Waals surface area contributed by atoms with Gasteiger partial charge in [-0.25, -0.2) is 4.79 Å². The van der Waals surface area contributed by atoms with E-state index in [1.54, 1.807) is 31.2 Å². The first kappa shape index (κ1) is 7.86. The molecule has 0 fully saturated rings. The van der Waals surface area contributed by atoms with Gasteiger partial charge in [0.15, 0.2) is 0 Å². The smallest absolute Gasteiger partial charge is 0.336 e. The van der Waals surface area contributed by atoms with Gasteiger partial charge < -0.3 is 9.52 Å². The Morgan fingerprint density at radius 3 is 2.92 bits per heavy atom. The Labute approximate surface area is 74.6 Å². The fourth-order valence-corrected chi connectivity index (χ4v) is 1.37. The predicted molar refractivity (Wildman–Crippen MR) is 47.9 cm³/mol. The number of carboxylic acid groups (broad SMARTS) is 1. The van der Waals surface area contributed by atoms with Crippen molar-refractivity contribution in [3.8, 4) is 0 Å². The summed E-state index contributed by atoms with van der Waals surface area (Å²) in [5.41, 5.74) is 0.909. The maximum atomic E-state index is 10.8. The molecule has 0 spiro atoms. The topological polar surface area (TPSA) is 50.4 Å². The van der Waals surface area contributed by atoms with Crippen molar-refractivity contribution >= 4 is 16.9 Å². The molecule has 0 unspecified atom stereocenters. The van der Waals surface area contributed by atoms with Gasteiger partial charge in [0.1, 0.15) is 11.3 Å². The van der Waals surface area contributed by atoms with Crippen molar-refractivity contribution in [1.29, 1.82) is 0 Å². The molecular formula is C10H8O3. The SMILES string of the molecule is Cc1cc2c(C(=O)O)cccc2o1. The summed E-state index contributed by atoms with van der Waals surface area (Å²) in [4.78, 5) is 10.8. The van der Waals surface area contributed by atoms with Crippen molar-refractivity contribution in [2.24, 2.45) is 0 Å². The van der Waals surface area contributed by atoms with Gasteiger partial charge >= 0.3 is 5.97 Å². The molecule has 1 heterocycles. The molecule has 0 aliphatic heterocycles. The molecule has 0 saturated heterocycles. The summed E-state index contributed by atoms with van der Waals surface area (Å²) >= 11 is 0. The number of rotatable bonds is 1. The lowest BCUT2D eigenvalue weighted by Gasteiger charge is -1.93. The van der Waals surface area contributed by atoms with Crippen LogP contribution in [0.2, 0.25) is 0 Å². The molecule has 1 aromatic carbocycles. The summed E-state index contributed by atoms with van der Waals surface area (Å²) in [7, 11) is 0. The van der Waals surface area contributed by atoms with Crippen LogP contribution < -0.4 is 0 Å². The molecule has 66 valence electrons. The van der Waals surface area contributed by atoms with E-state index >= 15 is 0 Å². The van der Waals surface area contributed by atoms with Crippen molar-refractivity contribution in [3.63, 3.8) is 0 Å². The number of aryl methyl sites for hydroxylation is 1. The molecule has 3 nitrogen and oxygen atoms in total. The third kappa shape index (κ3) is 1.18. The third-order valence-corrected chi connectivity index (χ3v) is 1.92. The molecule has 3 heteroatoms. The molecule has 0 aliphatic carbocycles. The molecule has 0 amide bonds. The average molecular weight is 176 g/mol. The van der Waals surface area contributed by atoms with Crippen molar-refractivity contribution in [2.45, 2.75) is 6.92 Å². The Morgan fingerprint density at radius 1 is 1.46 bits per heavy atom. The number of carboxylic acids is 1. The molecule has 2 rings (SSSR count). The number of hydrogen-bond donors (Lipinski definition) is 1. The van der Waals surface area contributed by atoms with Gasteiger partial charge in [-0.1, -0.05) is 6.07 Å². The summed E-state index contributed by atoms with van der Waals surface area (Å²) in [5.74, 6) is -0.199. The molecule has 0 bridgehead atoms. The maximum Gasteiger partial charge on any atom is 0.336 e. The molecule has 1 aromatic heterocycles. The summed E-state index contributed by atoms with van der Waals surface area (Å²) in [6, 6.07) is 6.74. The van der Waals surface area contributed by atoms with Gasteiger partial charge in [-0.2, -0.15) is 0 Å². The molecule has 0 aliphatic rings. The molecule has 13 heavy (non-hydrogen) atoms. The van der Waals surface area contributed by atoms with Crippen LogP contribution in [0.3, 0.4) is 0 Å². The zero-order valence-corrected chi connectivity index (χ0v) is 7.07. The second kappa shape index (κ2) is 2.62. The van der Waals surface area contributed by atoms with Crippen LogP contribution >= 0.6 is 0 Å². The van der Waals surface area contributed by atoms with Crippen molar-refractivity contribution in [2.75, 3.05) is 0 Å². The highest BCUT2D eigenvalue weighted by molar-refractivity contribution is 6.02.